The van der Waals surface area contributed by atoms with Crippen LogP contribution in [0.4, 0.5) is 5.69 Å². The number of hydrogen-bond donors (Lipinski definition) is 1. The van der Waals surface area contributed by atoms with E-state index >= 15 is 0 Å². The number of nitrogens with zero attached hydrogens (tertiary/aromatic N) is 3. The van der Waals surface area contributed by atoms with Gasteiger partial charge >= 0.3 is 0 Å². The lowest BCUT2D eigenvalue weighted by Crippen LogP contribution is -2.15. The molecule has 0 bridgehead atoms. The van der Waals surface area contributed by atoms with Crippen LogP contribution in [-0.4, -0.2) is 35.1 Å². The fourth-order valence-electron chi connectivity index (χ4n) is 2.41. The first-order valence-electron chi connectivity index (χ1n) is 7.01. The van der Waals surface area contributed by atoms with Crippen molar-refractivity contribution >= 4 is 16.7 Å². The fourth-order valence-corrected chi connectivity index (χ4v) is 2.41. The molecule has 1 aromatic carbocycles. The number of fused-ring (bicyclic) bond motifs is 1. The monoisotopic (exact) mass is 260 g/mol. The van der Waals surface area contributed by atoms with Gasteiger partial charge in [-0.2, -0.15) is 0 Å². The zero-order valence-electron chi connectivity index (χ0n) is 12.2. The summed E-state index contributed by atoms with van der Waals surface area (Å²) in [6.07, 6.45) is 3.28. The summed E-state index contributed by atoms with van der Waals surface area (Å²) < 4.78 is 2.35. The highest BCUT2D eigenvalue weighted by molar-refractivity contribution is 5.79. The highest BCUT2D eigenvalue weighted by atomic mass is 15.1. The average Bonchev–Trinajstić information content (AvgIpc) is 2.66. The third-order valence-corrected chi connectivity index (χ3v) is 3.31. The number of rotatable bonds is 6. The van der Waals surface area contributed by atoms with Gasteiger partial charge < -0.3 is 15.2 Å². The number of hydrogen-bond acceptors (Lipinski definition) is 3. The zero-order valence-corrected chi connectivity index (χ0v) is 12.2. The molecule has 0 aliphatic rings. The molecule has 0 unspecified atom stereocenters. The molecule has 0 amide bonds. The van der Waals surface area contributed by atoms with Crippen LogP contribution in [0, 0.1) is 0 Å². The van der Waals surface area contributed by atoms with Crippen molar-refractivity contribution in [2.24, 2.45) is 0 Å². The molecule has 19 heavy (non-hydrogen) atoms. The summed E-state index contributed by atoms with van der Waals surface area (Å²) in [7, 11) is 4.22. The van der Waals surface area contributed by atoms with E-state index in [1.54, 1.807) is 0 Å². The van der Waals surface area contributed by atoms with Crippen LogP contribution in [-0.2, 0) is 13.0 Å². The highest BCUT2D eigenvalue weighted by Crippen LogP contribution is 2.20. The molecule has 0 fully saturated rings. The minimum atomic E-state index is 0.786. The lowest BCUT2D eigenvalue weighted by atomic mass is 10.2. The van der Waals surface area contributed by atoms with Crippen molar-refractivity contribution in [2.45, 2.75) is 32.7 Å². The van der Waals surface area contributed by atoms with Crippen molar-refractivity contribution in [1.82, 2.24) is 14.5 Å². The van der Waals surface area contributed by atoms with Crippen LogP contribution in [0.2, 0.25) is 0 Å². The van der Waals surface area contributed by atoms with Gasteiger partial charge in [-0.15, -0.1) is 0 Å². The van der Waals surface area contributed by atoms with Gasteiger partial charge in [0.05, 0.1) is 11.0 Å². The number of nitrogens with two attached hydrogens (primary N) is 1. The summed E-state index contributed by atoms with van der Waals surface area (Å²) in [4.78, 5) is 6.95. The van der Waals surface area contributed by atoms with Crippen LogP contribution in [0.1, 0.15) is 25.6 Å². The summed E-state index contributed by atoms with van der Waals surface area (Å²) in [5.41, 5.74) is 8.85. The van der Waals surface area contributed by atoms with Crippen molar-refractivity contribution in [1.29, 1.82) is 0 Å². The van der Waals surface area contributed by atoms with Crippen LogP contribution < -0.4 is 5.73 Å². The predicted molar refractivity (Wildman–Crippen MR) is 81.3 cm³/mol. The van der Waals surface area contributed by atoms with E-state index in [1.165, 1.54) is 11.3 Å². The second kappa shape index (κ2) is 6.06. The highest BCUT2D eigenvalue weighted by Gasteiger charge is 2.10. The lowest BCUT2D eigenvalue weighted by molar-refractivity contribution is 0.386. The molecule has 0 radical (unpaired) electrons. The molecule has 2 aromatic rings. The van der Waals surface area contributed by atoms with E-state index in [4.69, 9.17) is 10.7 Å². The Kier molecular flexibility index (Phi) is 4.43. The zero-order chi connectivity index (χ0) is 13.8. The Labute approximate surface area is 115 Å². The van der Waals surface area contributed by atoms with Crippen molar-refractivity contribution in [3.05, 3.63) is 24.0 Å². The molecule has 0 aliphatic carbocycles. The number of anilines is 1. The Morgan fingerprint density at radius 3 is 2.79 bits per heavy atom. The molecule has 1 heterocycles. The van der Waals surface area contributed by atoms with Crippen molar-refractivity contribution < 1.29 is 0 Å². The number of benzene rings is 1. The van der Waals surface area contributed by atoms with Crippen LogP contribution in [0.25, 0.3) is 11.0 Å². The van der Waals surface area contributed by atoms with Gasteiger partial charge in [0.15, 0.2) is 0 Å². The van der Waals surface area contributed by atoms with Gasteiger partial charge in [-0.05, 0) is 51.7 Å². The Morgan fingerprint density at radius 2 is 2.11 bits per heavy atom. The minimum absolute atomic E-state index is 0.786. The summed E-state index contributed by atoms with van der Waals surface area (Å²) >= 11 is 0. The maximum atomic E-state index is 5.84. The van der Waals surface area contributed by atoms with Gasteiger partial charge in [-0.3, -0.25) is 0 Å². The van der Waals surface area contributed by atoms with E-state index < -0.39 is 0 Å². The van der Waals surface area contributed by atoms with Crippen LogP contribution in [0.3, 0.4) is 0 Å². The van der Waals surface area contributed by atoms with E-state index in [9.17, 15) is 0 Å². The first kappa shape index (κ1) is 13.9. The topological polar surface area (TPSA) is 47.1 Å². The van der Waals surface area contributed by atoms with E-state index in [1.807, 2.05) is 12.1 Å². The van der Waals surface area contributed by atoms with Gasteiger partial charge in [0, 0.05) is 18.7 Å². The van der Waals surface area contributed by atoms with Crippen LogP contribution in [0.15, 0.2) is 18.2 Å². The molecular formula is C15H24N4. The van der Waals surface area contributed by atoms with E-state index in [-0.39, 0.29) is 0 Å². The summed E-state index contributed by atoms with van der Waals surface area (Å²) in [5, 5.41) is 0. The third-order valence-electron chi connectivity index (χ3n) is 3.31. The maximum absolute atomic E-state index is 5.84. The predicted octanol–water partition coefficient (Wildman–Crippen LogP) is 2.52. The molecule has 2 N–H and O–H groups in total. The number of aromatic nitrogens is 2. The second-order valence-corrected chi connectivity index (χ2v) is 5.33. The molecular weight excluding hydrogens is 236 g/mol. The fraction of sp³-hybridized carbons (Fsp3) is 0.533. The smallest absolute Gasteiger partial charge is 0.109 e. The Balaban J connectivity index is 2.29. The Bertz CT molecular complexity index is 542. The molecule has 104 valence electrons. The summed E-state index contributed by atoms with van der Waals surface area (Å²) in [6.45, 7) is 4.31. The third kappa shape index (κ3) is 3.26. The van der Waals surface area contributed by atoms with Crippen molar-refractivity contribution in [2.75, 3.05) is 26.4 Å². The maximum Gasteiger partial charge on any atom is 0.109 e. The molecule has 0 atom stereocenters. The van der Waals surface area contributed by atoms with Gasteiger partial charge in [-0.1, -0.05) is 6.92 Å². The van der Waals surface area contributed by atoms with Crippen molar-refractivity contribution in [3.63, 3.8) is 0 Å². The first-order chi connectivity index (χ1) is 9.11. The van der Waals surface area contributed by atoms with Gasteiger partial charge in [0.2, 0.25) is 0 Å². The molecule has 0 saturated heterocycles. The molecule has 0 aliphatic heterocycles. The molecule has 0 saturated carbocycles. The molecule has 2 rings (SSSR count). The van der Waals surface area contributed by atoms with Gasteiger partial charge in [-0.25, -0.2) is 4.98 Å². The van der Waals surface area contributed by atoms with Gasteiger partial charge in [0.25, 0.3) is 0 Å². The summed E-state index contributed by atoms with van der Waals surface area (Å²) in [5.74, 6) is 1.18. The van der Waals surface area contributed by atoms with Gasteiger partial charge in [0.1, 0.15) is 5.82 Å². The molecule has 0 spiro atoms. The van der Waals surface area contributed by atoms with Crippen molar-refractivity contribution in [3.8, 4) is 0 Å². The Hall–Kier alpha value is -1.55. The Morgan fingerprint density at radius 1 is 1.32 bits per heavy atom. The van der Waals surface area contributed by atoms with E-state index in [2.05, 4.69) is 36.6 Å². The van der Waals surface area contributed by atoms with E-state index in [0.29, 0.717) is 0 Å². The first-order valence-corrected chi connectivity index (χ1v) is 7.01. The minimum Gasteiger partial charge on any atom is -0.399 e. The standard InChI is InChI=1S/C15H24N4/c1-4-6-15-17-13-11-12(16)7-8-14(13)19(15)10-5-9-18(2)3/h7-8,11H,4-6,9-10,16H2,1-3H3. The lowest BCUT2D eigenvalue weighted by Gasteiger charge is -2.12. The largest absolute Gasteiger partial charge is 0.399 e. The molecule has 1 aromatic heterocycles. The van der Waals surface area contributed by atoms with E-state index in [0.717, 1.165) is 43.6 Å². The number of aryl methyl sites for hydroxylation is 2. The van der Waals surface area contributed by atoms with Crippen LogP contribution >= 0.6 is 0 Å². The van der Waals surface area contributed by atoms with Crippen LogP contribution in [0.5, 0.6) is 0 Å². The quantitative estimate of drug-likeness (QED) is 0.812. The second-order valence-electron chi connectivity index (χ2n) is 5.33. The average molecular weight is 260 g/mol. The molecule has 4 nitrogen and oxygen atoms in total. The SMILES string of the molecule is CCCc1nc2cc(N)ccc2n1CCCN(C)C. The number of imidazole rings is 1. The molecule has 4 heteroatoms. The number of nitrogen functional groups attached to an aromatic ring is 1. The normalized spacial score (nSPS) is 11.6. The summed E-state index contributed by atoms with van der Waals surface area (Å²) in [6, 6.07) is 6.02.